The Balaban J connectivity index is 1.72. The number of carbonyl (C=O) groups is 1. The first-order chi connectivity index (χ1) is 11.7. The van der Waals surface area contributed by atoms with Gasteiger partial charge in [-0.05, 0) is 55.6 Å². The number of carbonyl (C=O) groups excluding carboxylic acids is 1. The molecule has 0 bridgehead atoms. The Morgan fingerprint density at radius 2 is 1.67 bits per heavy atom. The van der Waals surface area contributed by atoms with Crippen LogP contribution in [0.5, 0.6) is 0 Å². The van der Waals surface area contributed by atoms with Crippen molar-refractivity contribution in [3.8, 4) is 0 Å². The third kappa shape index (κ3) is 4.01. The molecule has 24 heavy (non-hydrogen) atoms. The molecule has 1 saturated heterocycles. The molecule has 3 rings (SSSR count). The lowest BCUT2D eigenvalue weighted by molar-refractivity contribution is -0.132. The van der Waals surface area contributed by atoms with Crippen LogP contribution >= 0.6 is 0 Å². The van der Waals surface area contributed by atoms with Crippen molar-refractivity contribution in [1.29, 1.82) is 0 Å². The molecule has 0 aromatic heterocycles. The summed E-state index contributed by atoms with van der Waals surface area (Å²) in [5.41, 5.74) is 1.68. The standard InChI is InChI=1S/C20H23FN2O/c21-18-8-6-16(7-9-18)14-20(10-12-22-13-11-20)19(24)23-15-17-4-2-1-3-5-17/h1-9,22H,10-15H2,(H,23,24). The predicted octanol–water partition coefficient (Wildman–Crippen LogP) is 3.05. The summed E-state index contributed by atoms with van der Waals surface area (Å²) < 4.78 is 13.1. The monoisotopic (exact) mass is 326 g/mol. The maximum atomic E-state index is 13.1. The van der Waals surface area contributed by atoms with E-state index in [0.717, 1.165) is 37.1 Å². The van der Waals surface area contributed by atoms with Crippen LogP contribution in [0.15, 0.2) is 54.6 Å². The molecule has 2 aromatic rings. The van der Waals surface area contributed by atoms with Gasteiger partial charge in [-0.25, -0.2) is 4.39 Å². The zero-order chi connectivity index (χ0) is 16.8. The number of benzene rings is 2. The number of amides is 1. The molecule has 1 heterocycles. The fraction of sp³-hybridized carbons (Fsp3) is 0.350. The summed E-state index contributed by atoms with van der Waals surface area (Å²) in [6, 6.07) is 16.4. The molecule has 0 saturated carbocycles. The minimum absolute atomic E-state index is 0.0946. The quantitative estimate of drug-likeness (QED) is 0.887. The van der Waals surface area contributed by atoms with Crippen LogP contribution in [0, 0.1) is 11.2 Å². The van der Waals surface area contributed by atoms with E-state index in [-0.39, 0.29) is 11.7 Å². The molecule has 0 radical (unpaired) electrons. The molecule has 1 fully saturated rings. The van der Waals surface area contributed by atoms with Crippen molar-refractivity contribution in [3.63, 3.8) is 0 Å². The summed E-state index contributed by atoms with van der Waals surface area (Å²) in [6.07, 6.45) is 2.24. The molecule has 0 atom stereocenters. The van der Waals surface area contributed by atoms with Crippen molar-refractivity contribution in [2.45, 2.75) is 25.8 Å². The van der Waals surface area contributed by atoms with Crippen LogP contribution in [0.1, 0.15) is 24.0 Å². The third-order valence-corrected chi connectivity index (χ3v) is 4.79. The number of piperidine rings is 1. The SMILES string of the molecule is O=C(NCc1ccccc1)C1(Cc2ccc(F)cc2)CCNCC1. The molecule has 4 heteroatoms. The van der Waals surface area contributed by atoms with Gasteiger partial charge in [0.05, 0.1) is 5.41 Å². The molecule has 1 amide bonds. The van der Waals surface area contributed by atoms with Crippen LogP contribution in [-0.2, 0) is 17.8 Å². The molecule has 126 valence electrons. The number of nitrogens with one attached hydrogen (secondary N) is 2. The summed E-state index contributed by atoms with van der Waals surface area (Å²) in [5, 5.41) is 6.42. The maximum absolute atomic E-state index is 13.1. The highest BCUT2D eigenvalue weighted by atomic mass is 19.1. The minimum atomic E-state index is -0.419. The summed E-state index contributed by atoms with van der Waals surface area (Å²) in [5.74, 6) is -0.149. The molecule has 2 aromatic carbocycles. The van der Waals surface area contributed by atoms with E-state index in [1.807, 2.05) is 30.3 Å². The first kappa shape index (κ1) is 16.7. The Morgan fingerprint density at radius 3 is 2.33 bits per heavy atom. The van der Waals surface area contributed by atoms with E-state index < -0.39 is 5.41 Å². The van der Waals surface area contributed by atoms with Crippen LogP contribution in [0.2, 0.25) is 0 Å². The van der Waals surface area contributed by atoms with Crippen molar-refractivity contribution >= 4 is 5.91 Å². The van der Waals surface area contributed by atoms with Crippen molar-refractivity contribution in [2.75, 3.05) is 13.1 Å². The smallest absolute Gasteiger partial charge is 0.226 e. The molecular formula is C20H23FN2O. The summed E-state index contributed by atoms with van der Waals surface area (Å²) >= 11 is 0. The predicted molar refractivity (Wildman–Crippen MR) is 92.9 cm³/mol. The van der Waals surface area contributed by atoms with Gasteiger partial charge in [-0.2, -0.15) is 0 Å². The first-order valence-corrected chi connectivity index (χ1v) is 8.45. The number of hydrogen-bond donors (Lipinski definition) is 2. The first-order valence-electron chi connectivity index (χ1n) is 8.45. The highest BCUT2D eigenvalue weighted by Crippen LogP contribution is 2.33. The van der Waals surface area contributed by atoms with E-state index in [1.54, 1.807) is 12.1 Å². The molecule has 0 unspecified atom stereocenters. The zero-order valence-corrected chi connectivity index (χ0v) is 13.7. The fourth-order valence-electron chi connectivity index (χ4n) is 3.35. The highest BCUT2D eigenvalue weighted by molar-refractivity contribution is 5.83. The summed E-state index contributed by atoms with van der Waals surface area (Å²) in [4.78, 5) is 13.0. The summed E-state index contributed by atoms with van der Waals surface area (Å²) in [6.45, 7) is 2.21. The van der Waals surface area contributed by atoms with E-state index in [1.165, 1.54) is 12.1 Å². The zero-order valence-electron chi connectivity index (χ0n) is 13.7. The van der Waals surface area contributed by atoms with Crippen LogP contribution in [0.4, 0.5) is 4.39 Å². The van der Waals surface area contributed by atoms with Gasteiger partial charge in [0, 0.05) is 6.54 Å². The fourth-order valence-corrected chi connectivity index (χ4v) is 3.35. The van der Waals surface area contributed by atoms with Gasteiger partial charge in [0.25, 0.3) is 0 Å². The number of halogens is 1. The molecule has 1 aliphatic rings. The van der Waals surface area contributed by atoms with Gasteiger partial charge >= 0.3 is 0 Å². The Bertz CT molecular complexity index is 664. The number of hydrogen-bond acceptors (Lipinski definition) is 2. The largest absolute Gasteiger partial charge is 0.352 e. The Morgan fingerprint density at radius 1 is 1.00 bits per heavy atom. The van der Waals surface area contributed by atoms with Crippen LogP contribution in [-0.4, -0.2) is 19.0 Å². The Kier molecular flexibility index (Phi) is 5.26. The van der Waals surface area contributed by atoms with Crippen LogP contribution < -0.4 is 10.6 Å². The van der Waals surface area contributed by atoms with Gasteiger partial charge in [-0.15, -0.1) is 0 Å². The second kappa shape index (κ2) is 7.58. The van der Waals surface area contributed by atoms with Gasteiger partial charge in [-0.3, -0.25) is 4.79 Å². The van der Waals surface area contributed by atoms with Crippen molar-refractivity contribution < 1.29 is 9.18 Å². The lowest BCUT2D eigenvalue weighted by Gasteiger charge is -2.36. The maximum Gasteiger partial charge on any atom is 0.226 e. The molecule has 3 nitrogen and oxygen atoms in total. The molecule has 0 spiro atoms. The molecule has 0 aliphatic carbocycles. The second-order valence-corrected chi connectivity index (χ2v) is 6.50. The molecular weight excluding hydrogens is 303 g/mol. The average Bonchev–Trinajstić information content (AvgIpc) is 2.63. The van der Waals surface area contributed by atoms with Crippen molar-refractivity contribution in [3.05, 3.63) is 71.5 Å². The van der Waals surface area contributed by atoms with E-state index in [9.17, 15) is 9.18 Å². The lowest BCUT2D eigenvalue weighted by atomic mass is 9.73. The van der Waals surface area contributed by atoms with E-state index >= 15 is 0 Å². The van der Waals surface area contributed by atoms with Crippen molar-refractivity contribution in [2.24, 2.45) is 5.41 Å². The summed E-state index contributed by atoms with van der Waals surface area (Å²) in [7, 11) is 0. The molecule has 2 N–H and O–H groups in total. The Hall–Kier alpha value is -2.20. The van der Waals surface area contributed by atoms with Crippen LogP contribution in [0.3, 0.4) is 0 Å². The third-order valence-electron chi connectivity index (χ3n) is 4.79. The van der Waals surface area contributed by atoms with Crippen LogP contribution in [0.25, 0.3) is 0 Å². The van der Waals surface area contributed by atoms with Gasteiger partial charge in [0.2, 0.25) is 5.91 Å². The molecule has 1 aliphatic heterocycles. The lowest BCUT2D eigenvalue weighted by Crippen LogP contribution is -2.48. The van der Waals surface area contributed by atoms with Gasteiger partial charge < -0.3 is 10.6 Å². The second-order valence-electron chi connectivity index (χ2n) is 6.50. The van der Waals surface area contributed by atoms with Gasteiger partial charge in [-0.1, -0.05) is 42.5 Å². The highest BCUT2D eigenvalue weighted by Gasteiger charge is 2.39. The number of rotatable bonds is 5. The minimum Gasteiger partial charge on any atom is -0.352 e. The Labute approximate surface area is 142 Å². The van der Waals surface area contributed by atoms with E-state index in [2.05, 4.69) is 10.6 Å². The topological polar surface area (TPSA) is 41.1 Å². The van der Waals surface area contributed by atoms with E-state index in [4.69, 9.17) is 0 Å². The van der Waals surface area contributed by atoms with Gasteiger partial charge in [0.15, 0.2) is 0 Å². The van der Waals surface area contributed by atoms with Gasteiger partial charge in [0.1, 0.15) is 5.82 Å². The normalized spacial score (nSPS) is 16.5. The average molecular weight is 326 g/mol. The van der Waals surface area contributed by atoms with E-state index in [0.29, 0.717) is 13.0 Å². The van der Waals surface area contributed by atoms with Crippen molar-refractivity contribution in [1.82, 2.24) is 10.6 Å².